The van der Waals surface area contributed by atoms with Crippen molar-refractivity contribution in [2.75, 3.05) is 12.4 Å². The van der Waals surface area contributed by atoms with Crippen molar-refractivity contribution >= 4 is 5.95 Å². The lowest BCUT2D eigenvalue weighted by Gasteiger charge is -2.09. The van der Waals surface area contributed by atoms with Crippen LogP contribution in [0.3, 0.4) is 0 Å². The van der Waals surface area contributed by atoms with Gasteiger partial charge in [-0.1, -0.05) is 12.1 Å². The van der Waals surface area contributed by atoms with Gasteiger partial charge in [0.1, 0.15) is 5.75 Å². The van der Waals surface area contributed by atoms with E-state index in [0.29, 0.717) is 11.8 Å². The van der Waals surface area contributed by atoms with Crippen molar-refractivity contribution in [3.8, 4) is 11.6 Å². The highest BCUT2D eigenvalue weighted by Crippen LogP contribution is 2.24. The van der Waals surface area contributed by atoms with Crippen LogP contribution >= 0.6 is 0 Å². The van der Waals surface area contributed by atoms with Crippen molar-refractivity contribution in [2.45, 2.75) is 13.8 Å². The summed E-state index contributed by atoms with van der Waals surface area (Å²) in [7, 11) is 1.77. The van der Waals surface area contributed by atoms with E-state index in [0.717, 1.165) is 16.9 Å². The predicted octanol–water partition coefficient (Wildman–Crippen LogP) is 2.93. The third-order valence-electron chi connectivity index (χ3n) is 2.41. The summed E-state index contributed by atoms with van der Waals surface area (Å²) < 4.78 is 5.74. The Morgan fingerprint density at radius 3 is 2.76 bits per heavy atom. The third-order valence-corrected chi connectivity index (χ3v) is 2.41. The van der Waals surface area contributed by atoms with Crippen LogP contribution < -0.4 is 10.1 Å². The summed E-state index contributed by atoms with van der Waals surface area (Å²) in [6, 6.07) is 7.82. The standard InChI is InChI=1S/C13H15N3O/c1-9-4-5-10(2)11(8-9)17-12-6-7-15-13(14-3)16-12/h4-8H,1-3H3,(H,14,15,16). The van der Waals surface area contributed by atoms with Crippen molar-refractivity contribution in [3.63, 3.8) is 0 Å². The average Bonchev–Trinajstić information content (AvgIpc) is 2.34. The second-order valence-corrected chi connectivity index (χ2v) is 3.84. The first kappa shape index (κ1) is 11.4. The second kappa shape index (κ2) is 4.82. The lowest BCUT2D eigenvalue weighted by Crippen LogP contribution is -1.97. The minimum absolute atomic E-state index is 0.540. The molecule has 4 nitrogen and oxygen atoms in total. The number of aromatic nitrogens is 2. The van der Waals surface area contributed by atoms with E-state index in [1.807, 2.05) is 26.0 Å². The first-order chi connectivity index (χ1) is 8.19. The van der Waals surface area contributed by atoms with E-state index in [9.17, 15) is 0 Å². The Hall–Kier alpha value is -2.10. The van der Waals surface area contributed by atoms with E-state index >= 15 is 0 Å². The van der Waals surface area contributed by atoms with Crippen molar-refractivity contribution in [1.29, 1.82) is 0 Å². The number of aryl methyl sites for hydroxylation is 2. The summed E-state index contributed by atoms with van der Waals surface area (Å²) in [5.41, 5.74) is 2.24. The fraction of sp³-hybridized carbons (Fsp3) is 0.231. The van der Waals surface area contributed by atoms with Gasteiger partial charge in [-0.2, -0.15) is 4.98 Å². The van der Waals surface area contributed by atoms with Crippen molar-refractivity contribution in [3.05, 3.63) is 41.6 Å². The van der Waals surface area contributed by atoms with Crippen molar-refractivity contribution in [2.24, 2.45) is 0 Å². The molecule has 0 saturated heterocycles. The Morgan fingerprint density at radius 2 is 2.00 bits per heavy atom. The maximum Gasteiger partial charge on any atom is 0.225 e. The molecule has 1 heterocycles. The largest absolute Gasteiger partial charge is 0.439 e. The van der Waals surface area contributed by atoms with Crippen LogP contribution in [0.4, 0.5) is 5.95 Å². The summed E-state index contributed by atoms with van der Waals surface area (Å²) in [4.78, 5) is 8.25. The van der Waals surface area contributed by atoms with Gasteiger partial charge in [0, 0.05) is 19.3 Å². The maximum atomic E-state index is 5.74. The van der Waals surface area contributed by atoms with Crippen LogP contribution in [0.15, 0.2) is 30.5 Å². The molecule has 1 N–H and O–H groups in total. The first-order valence-corrected chi connectivity index (χ1v) is 5.45. The molecule has 0 saturated carbocycles. The van der Waals surface area contributed by atoms with E-state index in [1.54, 1.807) is 19.3 Å². The number of nitrogens with one attached hydrogen (secondary N) is 1. The molecule has 4 heteroatoms. The van der Waals surface area contributed by atoms with Crippen molar-refractivity contribution < 1.29 is 4.74 Å². The summed E-state index contributed by atoms with van der Waals surface area (Å²) in [5.74, 6) is 1.91. The molecule has 0 fully saturated rings. The van der Waals surface area contributed by atoms with Crippen LogP contribution in [0.1, 0.15) is 11.1 Å². The van der Waals surface area contributed by atoms with Crippen LogP contribution in [0.5, 0.6) is 11.6 Å². The van der Waals surface area contributed by atoms with Crippen LogP contribution in [0, 0.1) is 13.8 Å². The molecule has 0 aliphatic carbocycles. The van der Waals surface area contributed by atoms with Gasteiger partial charge in [-0.25, -0.2) is 4.98 Å². The van der Waals surface area contributed by atoms with Gasteiger partial charge in [0.05, 0.1) is 0 Å². The highest BCUT2D eigenvalue weighted by molar-refractivity contribution is 5.39. The topological polar surface area (TPSA) is 47.0 Å². The van der Waals surface area contributed by atoms with Gasteiger partial charge in [0.2, 0.25) is 11.8 Å². The molecule has 0 unspecified atom stereocenters. The van der Waals surface area contributed by atoms with E-state index in [4.69, 9.17) is 4.74 Å². The Bertz CT molecular complexity index is 526. The number of hydrogen-bond donors (Lipinski definition) is 1. The number of nitrogens with zero attached hydrogens (tertiary/aromatic N) is 2. The third kappa shape index (κ3) is 2.72. The molecule has 0 aliphatic heterocycles. The van der Waals surface area contributed by atoms with E-state index in [1.165, 1.54) is 0 Å². The van der Waals surface area contributed by atoms with Crippen LogP contribution in [0.25, 0.3) is 0 Å². The average molecular weight is 229 g/mol. The fourth-order valence-electron chi connectivity index (χ4n) is 1.45. The molecule has 2 aromatic rings. The molecule has 0 atom stereocenters. The molecule has 17 heavy (non-hydrogen) atoms. The molecule has 0 radical (unpaired) electrons. The van der Waals surface area contributed by atoms with Crippen molar-refractivity contribution in [1.82, 2.24) is 9.97 Å². The van der Waals surface area contributed by atoms with Crippen LogP contribution in [-0.2, 0) is 0 Å². The zero-order valence-electron chi connectivity index (χ0n) is 10.2. The summed E-state index contributed by atoms with van der Waals surface area (Å²) >= 11 is 0. The first-order valence-electron chi connectivity index (χ1n) is 5.45. The molecule has 88 valence electrons. The summed E-state index contributed by atoms with van der Waals surface area (Å²) in [6.07, 6.45) is 1.67. The van der Waals surface area contributed by atoms with E-state index in [-0.39, 0.29) is 0 Å². The van der Waals surface area contributed by atoms with Gasteiger partial charge in [0.25, 0.3) is 0 Å². The quantitative estimate of drug-likeness (QED) is 0.879. The van der Waals surface area contributed by atoms with Crippen LogP contribution in [-0.4, -0.2) is 17.0 Å². The molecule has 0 aliphatic rings. The molecule has 0 spiro atoms. The molecule has 2 rings (SSSR count). The number of hydrogen-bond acceptors (Lipinski definition) is 4. The summed E-state index contributed by atoms with van der Waals surface area (Å²) in [5, 5.41) is 2.88. The lowest BCUT2D eigenvalue weighted by molar-refractivity contribution is 0.458. The monoisotopic (exact) mass is 229 g/mol. The van der Waals surface area contributed by atoms with Gasteiger partial charge in [-0.15, -0.1) is 0 Å². The van der Waals surface area contributed by atoms with Gasteiger partial charge in [-0.3, -0.25) is 0 Å². The number of rotatable bonds is 3. The van der Waals surface area contributed by atoms with E-state index < -0.39 is 0 Å². The fourth-order valence-corrected chi connectivity index (χ4v) is 1.45. The highest BCUT2D eigenvalue weighted by Gasteiger charge is 2.03. The number of ether oxygens (including phenoxy) is 1. The number of anilines is 1. The number of benzene rings is 1. The zero-order valence-corrected chi connectivity index (χ0v) is 10.2. The minimum Gasteiger partial charge on any atom is -0.439 e. The Morgan fingerprint density at radius 1 is 1.18 bits per heavy atom. The van der Waals surface area contributed by atoms with Gasteiger partial charge in [0.15, 0.2) is 0 Å². The SMILES string of the molecule is CNc1nccc(Oc2cc(C)ccc2C)n1. The van der Waals surface area contributed by atoms with Gasteiger partial charge < -0.3 is 10.1 Å². The minimum atomic E-state index is 0.540. The molecule has 1 aromatic heterocycles. The zero-order chi connectivity index (χ0) is 12.3. The normalized spacial score (nSPS) is 10.1. The highest BCUT2D eigenvalue weighted by atomic mass is 16.5. The summed E-state index contributed by atoms with van der Waals surface area (Å²) in [6.45, 7) is 4.04. The van der Waals surface area contributed by atoms with Crippen LogP contribution in [0.2, 0.25) is 0 Å². The maximum absolute atomic E-state index is 5.74. The van der Waals surface area contributed by atoms with Gasteiger partial charge in [-0.05, 0) is 31.0 Å². The predicted molar refractivity (Wildman–Crippen MR) is 67.6 cm³/mol. The van der Waals surface area contributed by atoms with E-state index in [2.05, 4.69) is 21.4 Å². The van der Waals surface area contributed by atoms with Gasteiger partial charge >= 0.3 is 0 Å². The molecule has 0 bridgehead atoms. The Balaban J connectivity index is 2.27. The Labute approximate surface area is 101 Å². The molecular weight excluding hydrogens is 214 g/mol. The molecular formula is C13H15N3O. The second-order valence-electron chi connectivity index (χ2n) is 3.84. The lowest BCUT2D eigenvalue weighted by atomic mass is 10.1. The molecule has 0 amide bonds. The smallest absolute Gasteiger partial charge is 0.225 e. The Kier molecular flexibility index (Phi) is 3.23. The molecule has 1 aromatic carbocycles.